The van der Waals surface area contributed by atoms with E-state index in [1.807, 2.05) is 31.2 Å². The monoisotopic (exact) mass is 365 g/mol. The minimum atomic E-state index is -0.121. The Morgan fingerprint density at radius 2 is 2.15 bits per heavy atom. The lowest BCUT2D eigenvalue weighted by atomic mass is 10.1. The summed E-state index contributed by atoms with van der Waals surface area (Å²) in [7, 11) is 0. The van der Waals surface area contributed by atoms with Gasteiger partial charge >= 0.3 is 0 Å². The first kappa shape index (κ1) is 18.6. The summed E-state index contributed by atoms with van der Waals surface area (Å²) < 4.78 is 3.23. The quantitative estimate of drug-likeness (QED) is 0.619. The molecule has 0 saturated carbocycles. The number of nitrogens with zero attached hydrogens (tertiary/aromatic N) is 4. The summed E-state index contributed by atoms with van der Waals surface area (Å²) in [6.07, 6.45) is 5.88. The van der Waals surface area contributed by atoms with E-state index in [0.29, 0.717) is 43.5 Å². The van der Waals surface area contributed by atoms with Gasteiger partial charge in [-0.25, -0.2) is 9.67 Å². The number of carbonyl (C=O) groups is 1. The fourth-order valence-electron chi connectivity index (χ4n) is 2.87. The Labute approximate surface area is 157 Å². The molecule has 1 amide bonds. The second-order valence-corrected chi connectivity index (χ2v) is 6.39. The zero-order valence-electron chi connectivity index (χ0n) is 15.4. The van der Waals surface area contributed by atoms with Gasteiger partial charge in [0, 0.05) is 13.0 Å². The highest BCUT2D eigenvalue weighted by atomic mass is 16.1. The number of allylic oxidation sites excluding steroid dienone is 1. The van der Waals surface area contributed by atoms with Crippen molar-refractivity contribution in [3.05, 3.63) is 70.9 Å². The van der Waals surface area contributed by atoms with Crippen molar-refractivity contribution < 1.29 is 4.79 Å². The Kier molecular flexibility index (Phi) is 5.80. The third-order valence-electron chi connectivity index (χ3n) is 4.45. The first-order valence-electron chi connectivity index (χ1n) is 8.93. The molecule has 0 aliphatic carbocycles. The van der Waals surface area contributed by atoms with Gasteiger partial charge in [0.15, 0.2) is 5.65 Å². The van der Waals surface area contributed by atoms with E-state index in [1.54, 1.807) is 27.8 Å². The molecule has 0 radical (unpaired) electrons. The van der Waals surface area contributed by atoms with Gasteiger partial charge < -0.3 is 5.32 Å². The van der Waals surface area contributed by atoms with Crippen LogP contribution < -0.4 is 10.9 Å². The molecule has 0 spiro atoms. The number of carbonyl (C=O) groups excluding carboxylic acids is 1. The maximum Gasteiger partial charge on any atom is 0.264 e. The van der Waals surface area contributed by atoms with E-state index in [4.69, 9.17) is 0 Å². The van der Waals surface area contributed by atoms with Gasteiger partial charge in [-0.05, 0) is 24.5 Å². The van der Waals surface area contributed by atoms with Crippen LogP contribution in [0.3, 0.4) is 0 Å². The minimum Gasteiger partial charge on any atom is -0.354 e. The number of hydrogen-bond acceptors (Lipinski definition) is 4. The summed E-state index contributed by atoms with van der Waals surface area (Å²) in [4.78, 5) is 28.8. The van der Waals surface area contributed by atoms with Gasteiger partial charge in [0.1, 0.15) is 11.7 Å². The van der Waals surface area contributed by atoms with Gasteiger partial charge in [0.05, 0.1) is 19.3 Å². The Morgan fingerprint density at radius 3 is 2.93 bits per heavy atom. The smallest absolute Gasteiger partial charge is 0.264 e. The van der Waals surface area contributed by atoms with Gasteiger partial charge in [-0.1, -0.05) is 30.3 Å². The molecule has 0 bridgehead atoms. The molecule has 3 rings (SSSR count). The number of nitrogens with one attached hydrogen (secondary N) is 1. The van der Waals surface area contributed by atoms with Crippen molar-refractivity contribution >= 4 is 16.9 Å². The van der Waals surface area contributed by atoms with Crippen molar-refractivity contribution in [2.24, 2.45) is 0 Å². The van der Waals surface area contributed by atoms with Crippen LogP contribution in [0.4, 0.5) is 0 Å². The van der Waals surface area contributed by atoms with Crippen LogP contribution in [0.15, 0.2) is 54.2 Å². The number of benzene rings is 1. The number of rotatable bonds is 8. The molecule has 1 aromatic carbocycles. The summed E-state index contributed by atoms with van der Waals surface area (Å²) >= 11 is 0. The van der Waals surface area contributed by atoms with Gasteiger partial charge in [0.2, 0.25) is 5.91 Å². The molecule has 27 heavy (non-hydrogen) atoms. The standard InChI is InChI=1S/C20H23N5O2/c1-3-4-9-18(26)21-10-11-25-19-17(12-23-25)20(27)24(14-22-19)13-16-8-6-5-7-15(16)2/h3,5-8,12,14H,1,4,9-11,13H2,2H3,(H,21,26). The van der Waals surface area contributed by atoms with Crippen molar-refractivity contribution in [1.82, 2.24) is 24.6 Å². The van der Waals surface area contributed by atoms with Crippen LogP contribution in [0.25, 0.3) is 11.0 Å². The van der Waals surface area contributed by atoms with Gasteiger partial charge in [-0.2, -0.15) is 5.10 Å². The molecular weight excluding hydrogens is 342 g/mol. The van der Waals surface area contributed by atoms with Crippen LogP contribution in [0.5, 0.6) is 0 Å². The molecule has 7 heteroatoms. The van der Waals surface area contributed by atoms with Crippen molar-refractivity contribution in [2.75, 3.05) is 6.54 Å². The topological polar surface area (TPSA) is 81.8 Å². The molecule has 7 nitrogen and oxygen atoms in total. The molecule has 0 fully saturated rings. The number of amides is 1. The molecular formula is C20H23N5O2. The fourth-order valence-corrected chi connectivity index (χ4v) is 2.87. The fraction of sp³-hybridized carbons (Fsp3) is 0.300. The molecule has 1 N–H and O–H groups in total. The first-order chi connectivity index (χ1) is 13.1. The summed E-state index contributed by atoms with van der Waals surface area (Å²) in [6, 6.07) is 7.96. The second-order valence-electron chi connectivity index (χ2n) is 6.39. The molecule has 0 aliphatic rings. The van der Waals surface area contributed by atoms with Crippen LogP contribution in [-0.2, 0) is 17.9 Å². The van der Waals surface area contributed by atoms with Crippen molar-refractivity contribution in [1.29, 1.82) is 0 Å². The Hall–Kier alpha value is -3.22. The molecule has 0 saturated heterocycles. The van der Waals surface area contributed by atoms with E-state index in [-0.39, 0.29) is 11.5 Å². The predicted octanol–water partition coefficient (Wildman–Crippen LogP) is 2.03. The molecule has 140 valence electrons. The lowest BCUT2D eigenvalue weighted by Gasteiger charge is -2.09. The summed E-state index contributed by atoms with van der Waals surface area (Å²) in [5.41, 5.74) is 2.62. The molecule has 3 aromatic rings. The highest BCUT2D eigenvalue weighted by molar-refractivity contribution is 5.76. The van der Waals surface area contributed by atoms with Gasteiger partial charge in [-0.3, -0.25) is 14.2 Å². The third-order valence-corrected chi connectivity index (χ3v) is 4.45. The zero-order chi connectivity index (χ0) is 19.2. The van der Waals surface area contributed by atoms with Crippen LogP contribution in [0.1, 0.15) is 24.0 Å². The molecule has 0 aliphatic heterocycles. The Balaban J connectivity index is 1.73. The maximum absolute atomic E-state index is 12.7. The predicted molar refractivity (Wildman–Crippen MR) is 105 cm³/mol. The molecule has 2 aromatic heterocycles. The molecule has 0 atom stereocenters. The van der Waals surface area contributed by atoms with Crippen molar-refractivity contribution in [2.45, 2.75) is 32.9 Å². The molecule has 2 heterocycles. The van der Waals surface area contributed by atoms with Crippen LogP contribution in [0, 0.1) is 6.92 Å². The van der Waals surface area contributed by atoms with E-state index in [1.165, 1.54) is 0 Å². The average molecular weight is 365 g/mol. The first-order valence-corrected chi connectivity index (χ1v) is 8.93. The lowest BCUT2D eigenvalue weighted by molar-refractivity contribution is -0.121. The summed E-state index contributed by atoms with van der Waals surface area (Å²) in [6.45, 7) is 6.98. The maximum atomic E-state index is 12.7. The summed E-state index contributed by atoms with van der Waals surface area (Å²) in [5, 5.41) is 7.56. The highest BCUT2D eigenvalue weighted by Crippen LogP contribution is 2.10. The van der Waals surface area contributed by atoms with Crippen LogP contribution in [0.2, 0.25) is 0 Å². The summed E-state index contributed by atoms with van der Waals surface area (Å²) in [5.74, 6) is -0.0279. The highest BCUT2D eigenvalue weighted by Gasteiger charge is 2.11. The third kappa shape index (κ3) is 4.31. The van der Waals surface area contributed by atoms with Crippen LogP contribution >= 0.6 is 0 Å². The normalized spacial score (nSPS) is 10.9. The lowest BCUT2D eigenvalue weighted by Crippen LogP contribution is -2.27. The van der Waals surface area contributed by atoms with E-state index in [2.05, 4.69) is 22.0 Å². The van der Waals surface area contributed by atoms with Crippen molar-refractivity contribution in [3.63, 3.8) is 0 Å². The largest absolute Gasteiger partial charge is 0.354 e. The Morgan fingerprint density at radius 1 is 1.33 bits per heavy atom. The number of fused-ring (bicyclic) bond motifs is 1. The van der Waals surface area contributed by atoms with Gasteiger partial charge in [-0.15, -0.1) is 6.58 Å². The Bertz CT molecular complexity index is 1020. The minimum absolute atomic E-state index is 0.0279. The number of hydrogen-bond donors (Lipinski definition) is 1. The van der Waals surface area contributed by atoms with Gasteiger partial charge in [0.25, 0.3) is 5.56 Å². The molecule has 0 unspecified atom stereocenters. The SMILES string of the molecule is C=CCCC(=O)NCCn1ncc2c(=O)n(Cc3ccccc3C)cnc21. The van der Waals surface area contributed by atoms with E-state index in [9.17, 15) is 9.59 Å². The van der Waals surface area contributed by atoms with Crippen molar-refractivity contribution in [3.8, 4) is 0 Å². The van der Waals surface area contributed by atoms with Crippen LogP contribution in [-0.4, -0.2) is 31.8 Å². The van der Waals surface area contributed by atoms with E-state index in [0.717, 1.165) is 11.1 Å². The zero-order valence-corrected chi connectivity index (χ0v) is 15.4. The van der Waals surface area contributed by atoms with E-state index >= 15 is 0 Å². The number of aryl methyl sites for hydroxylation is 1. The number of aromatic nitrogens is 4. The second kappa shape index (κ2) is 8.44. The average Bonchev–Trinajstić information content (AvgIpc) is 3.08. The van der Waals surface area contributed by atoms with E-state index < -0.39 is 0 Å².